The molecule has 1 aliphatic rings. The van der Waals surface area contributed by atoms with Crippen LogP contribution in [0.3, 0.4) is 0 Å². The van der Waals surface area contributed by atoms with E-state index in [9.17, 15) is 0 Å². The lowest BCUT2D eigenvalue weighted by Crippen LogP contribution is -2.47. The normalized spacial score (nSPS) is 28.1. The summed E-state index contributed by atoms with van der Waals surface area (Å²) in [5.41, 5.74) is 0. The maximum Gasteiger partial charge on any atom is 0.192 e. The number of ether oxygens (including phenoxy) is 1. The zero-order chi connectivity index (χ0) is 12.4. The van der Waals surface area contributed by atoms with Gasteiger partial charge in [-0.25, -0.2) is 0 Å². The van der Waals surface area contributed by atoms with Crippen molar-refractivity contribution in [2.45, 2.75) is 51.4 Å². The van der Waals surface area contributed by atoms with Crippen LogP contribution in [0.1, 0.15) is 27.2 Å². The number of hydrogen-bond acceptors (Lipinski definition) is 3. The summed E-state index contributed by atoms with van der Waals surface area (Å²) in [5, 5.41) is 9.38. The van der Waals surface area contributed by atoms with E-state index in [1.807, 2.05) is 0 Å². The van der Waals surface area contributed by atoms with Crippen molar-refractivity contribution >= 4 is 8.32 Å². The molecule has 0 aromatic carbocycles. The molecule has 0 unspecified atom stereocenters. The number of rotatable bonds is 3. The SMILES string of the molecule is CC(C)(C)[Si](C)(C)O[C@@H]1COC[C@H](CO)C1. The van der Waals surface area contributed by atoms with E-state index < -0.39 is 8.32 Å². The topological polar surface area (TPSA) is 38.7 Å². The fourth-order valence-corrected chi connectivity index (χ4v) is 3.03. The second-order valence-electron chi connectivity index (χ2n) is 6.32. The summed E-state index contributed by atoms with van der Waals surface area (Å²) < 4.78 is 11.8. The molecular weight excluding hydrogens is 220 g/mol. The largest absolute Gasteiger partial charge is 0.412 e. The summed E-state index contributed by atoms with van der Waals surface area (Å²) in [6.07, 6.45) is 1.11. The Labute approximate surface area is 100 Å². The van der Waals surface area contributed by atoms with E-state index in [-0.39, 0.29) is 23.7 Å². The highest BCUT2D eigenvalue weighted by Crippen LogP contribution is 2.38. The fourth-order valence-electron chi connectivity index (χ4n) is 1.68. The van der Waals surface area contributed by atoms with Gasteiger partial charge in [0.05, 0.1) is 19.3 Å². The fraction of sp³-hybridized carbons (Fsp3) is 1.00. The predicted molar refractivity (Wildman–Crippen MR) is 68.1 cm³/mol. The highest BCUT2D eigenvalue weighted by Gasteiger charge is 2.40. The quantitative estimate of drug-likeness (QED) is 0.777. The van der Waals surface area contributed by atoms with Crippen molar-refractivity contribution in [2.75, 3.05) is 19.8 Å². The van der Waals surface area contributed by atoms with Crippen LogP contribution in [0, 0.1) is 5.92 Å². The van der Waals surface area contributed by atoms with Crippen LogP contribution in [-0.4, -0.2) is 39.3 Å². The van der Waals surface area contributed by atoms with Crippen molar-refractivity contribution in [1.82, 2.24) is 0 Å². The van der Waals surface area contributed by atoms with E-state index >= 15 is 0 Å². The molecule has 4 heteroatoms. The van der Waals surface area contributed by atoms with Crippen LogP contribution >= 0.6 is 0 Å². The third-order valence-electron chi connectivity index (χ3n) is 3.78. The molecule has 0 saturated carbocycles. The second kappa shape index (κ2) is 5.17. The Morgan fingerprint density at radius 1 is 1.31 bits per heavy atom. The molecule has 0 amide bonds. The molecule has 0 aliphatic carbocycles. The molecule has 0 bridgehead atoms. The van der Waals surface area contributed by atoms with E-state index in [1.165, 1.54) is 0 Å². The van der Waals surface area contributed by atoms with Gasteiger partial charge in [-0.3, -0.25) is 0 Å². The average Bonchev–Trinajstić information content (AvgIpc) is 2.15. The van der Waals surface area contributed by atoms with Crippen molar-refractivity contribution < 1.29 is 14.3 Å². The summed E-state index contributed by atoms with van der Waals surface area (Å²) in [4.78, 5) is 0. The zero-order valence-electron chi connectivity index (χ0n) is 11.2. The van der Waals surface area contributed by atoms with Gasteiger partial charge in [-0.2, -0.15) is 0 Å². The molecule has 1 fully saturated rings. The minimum Gasteiger partial charge on any atom is -0.412 e. The average molecular weight is 246 g/mol. The van der Waals surface area contributed by atoms with Crippen LogP contribution in [0.25, 0.3) is 0 Å². The van der Waals surface area contributed by atoms with Crippen LogP contribution < -0.4 is 0 Å². The van der Waals surface area contributed by atoms with E-state index in [1.54, 1.807) is 0 Å². The maximum absolute atomic E-state index is 9.14. The molecule has 1 N–H and O–H groups in total. The molecule has 0 spiro atoms. The predicted octanol–water partition coefficient (Wildman–Crippen LogP) is 2.41. The third-order valence-corrected chi connectivity index (χ3v) is 8.31. The zero-order valence-corrected chi connectivity index (χ0v) is 12.2. The van der Waals surface area contributed by atoms with Gasteiger partial charge in [0, 0.05) is 12.5 Å². The summed E-state index contributed by atoms with van der Waals surface area (Å²) in [5.74, 6) is 0.253. The Morgan fingerprint density at radius 2 is 1.94 bits per heavy atom. The molecule has 0 radical (unpaired) electrons. The van der Waals surface area contributed by atoms with Gasteiger partial charge in [0.25, 0.3) is 0 Å². The van der Waals surface area contributed by atoms with Crippen molar-refractivity contribution in [3.05, 3.63) is 0 Å². The second-order valence-corrected chi connectivity index (χ2v) is 11.1. The molecule has 0 aromatic heterocycles. The van der Waals surface area contributed by atoms with E-state index in [0.717, 1.165) is 6.42 Å². The third kappa shape index (κ3) is 3.55. The van der Waals surface area contributed by atoms with Crippen molar-refractivity contribution in [1.29, 1.82) is 0 Å². The maximum atomic E-state index is 9.14. The van der Waals surface area contributed by atoms with Gasteiger partial charge in [-0.05, 0) is 24.6 Å². The Kier molecular flexibility index (Phi) is 4.57. The first kappa shape index (κ1) is 14.2. The van der Waals surface area contributed by atoms with E-state index in [2.05, 4.69) is 33.9 Å². The van der Waals surface area contributed by atoms with Crippen LogP contribution in [0.4, 0.5) is 0 Å². The lowest BCUT2D eigenvalue weighted by atomic mass is 10.0. The van der Waals surface area contributed by atoms with E-state index in [0.29, 0.717) is 13.2 Å². The van der Waals surface area contributed by atoms with Gasteiger partial charge in [0.15, 0.2) is 8.32 Å². The monoisotopic (exact) mass is 246 g/mol. The van der Waals surface area contributed by atoms with Crippen LogP contribution in [0.2, 0.25) is 18.1 Å². The van der Waals surface area contributed by atoms with Crippen molar-refractivity contribution in [3.8, 4) is 0 Å². The first-order chi connectivity index (χ1) is 7.26. The van der Waals surface area contributed by atoms with Crippen molar-refractivity contribution in [2.24, 2.45) is 5.92 Å². The molecular formula is C12H26O3Si. The summed E-state index contributed by atoms with van der Waals surface area (Å²) in [7, 11) is -1.70. The van der Waals surface area contributed by atoms with Gasteiger partial charge in [0.1, 0.15) is 0 Å². The lowest BCUT2D eigenvalue weighted by Gasteiger charge is -2.41. The summed E-state index contributed by atoms with van der Waals surface area (Å²) in [6.45, 7) is 12.8. The first-order valence-corrected chi connectivity index (χ1v) is 9.03. The molecule has 1 heterocycles. The Hall–Kier alpha value is 0.0969. The molecule has 1 aliphatic heterocycles. The Bertz CT molecular complexity index is 223. The van der Waals surface area contributed by atoms with Gasteiger partial charge in [-0.15, -0.1) is 0 Å². The smallest absolute Gasteiger partial charge is 0.192 e. The van der Waals surface area contributed by atoms with Gasteiger partial charge >= 0.3 is 0 Å². The van der Waals surface area contributed by atoms with E-state index in [4.69, 9.17) is 14.3 Å². The minimum absolute atomic E-state index is 0.173. The number of aliphatic hydroxyl groups is 1. The highest BCUT2D eigenvalue weighted by molar-refractivity contribution is 6.74. The molecule has 2 atom stereocenters. The van der Waals surface area contributed by atoms with Crippen LogP contribution in [0.5, 0.6) is 0 Å². The summed E-state index contributed by atoms with van der Waals surface area (Å²) >= 11 is 0. The minimum atomic E-state index is -1.70. The van der Waals surface area contributed by atoms with Crippen LogP contribution in [0.15, 0.2) is 0 Å². The van der Waals surface area contributed by atoms with Gasteiger partial charge in [0.2, 0.25) is 0 Å². The standard InChI is InChI=1S/C12H26O3Si/c1-12(2,3)16(4,5)15-11-6-10(7-13)8-14-9-11/h10-11,13H,6-9H2,1-5H3/t10-,11-/m0/s1. The number of hydrogen-bond donors (Lipinski definition) is 1. The molecule has 96 valence electrons. The molecule has 0 aromatic rings. The lowest BCUT2D eigenvalue weighted by molar-refractivity contribution is -0.0429. The molecule has 1 rings (SSSR count). The highest BCUT2D eigenvalue weighted by atomic mass is 28.4. The Morgan fingerprint density at radius 3 is 2.44 bits per heavy atom. The van der Waals surface area contributed by atoms with Crippen molar-refractivity contribution in [3.63, 3.8) is 0 Å². The molecule has 1 saturated heterocycles. The Balaban J connectivity index is 2.53. The molecule has 3 nitrogen and oxygen atoms in total. The summed E-state index contributed by atoms with van der Waals surface area (Å²) in [6, 6.07) is 0. The van der Waals surface area contributed by atoms with Gasteiger partial charge in [-0.1, -0.05) is 20.8 Å². The molecule has 16 heavy (non-hydrogen) atoms. The van der Waals surface area contributed by atoms with Gasteiger partial charge < -0.3 is 14.3 Å². The van der Waals surface area contributed by atoms with Crippen LogP contribution in [-0.2, 0) is 9.16 Å². The number of aliphatic hydroxyl groups excluding tert-OH is 1. The first-order valence-electron chi connectivity index (χ1n) is 6.12.